The van der Waals surface area contributed by atoms with Crippen molar-refractivity contribution in [3.63, 3.8) is 0 Å². The maximum absolute atomic E-state index is 6.52. The van der Waals surface area contributed by atoms with Crippen molar-refractivity contribution in [2.45, 2.75) is 78.6 Å². The normalized spacial score (nSPS) is 12.5. The Balaban J connectivity index is 1.07. The maximum atomic E-state index is 6.52. The van der Waals surface area contributed by atoms with Gasteiger partial charge in [0.05, 0.1) is 0 Å². The standard InChI is InChI=1S/C62H54N8O3/c1-60(2,3)35-14-20-38(21-15-35)71-41-26-29-46-49(32-41)57-66-53-45-13-11-10-12-44(45)52(63-53)64-54-47-30-27-42(72-39-22-16-36(17-23-39)61(4,5)6)33-50(47)58(68-54)70-59-51-34-43(28-31-48(51)56(69-59)65-55(46)67-57)73-40-24-18-37(19-25-40)62(7,8)9/h10-34H,1-9H3,(H2,63,64,65,66,67,68,69,70). The molecule has 11 nitrogen and oxygen atoms in total. The minimum atomic E-state index is 0.0108. The van der Waals surface area contributed by atoms with Crippen LogP contribution < -0.4 is 14.2 Å². The summed E-state index contributed by atoms with van der Waals surface area (Å²) >= 11 is 0. The van der Waals surface area contributed by atoms with Gasteiger partial charge in [-0.2, -0.15) is 0 Å². The van der Waals surface area contributed by atoms with Gasteiger partial charge in [-0.3, -0.25) is 0 Å². The van der Waals surface area contributed by atoms with E-state index in [4.69, 9.17) is 44.1 Å². The first kappa shape index (κ1) is 45.4. The molecule has 8 bridgehead atoms. The van der Waals surface area contributed by atoms with Gasteiger partial charge in [-0.05, 0) is 124 Å². The minimum absolute atomic E-state index is 0.0108. The van der Waals surface area contributed by atoms with Gasteiger partial charge in [0.2, 0.25) is 0 Å². The Morgan fingerprint density at radius 2 is 0.589 bits per heavy atom. The van der Waals surface area contributed by atoms with Crippen LogP contribution in [0.4, 0.5) is 0 Å². The highest BCUT2D eigenvalue weighted by Gasteiger charge is 2.24. The summed E-state index contributed by atoms with van der Waals surface area (Å²) in [5.41, 5.74) is 9.20. The average molecular weight is 959 g/mol. The van der Waals surface area contributed by atoms with Crippen molar-refractivity contribution in [3.05, 3.63) is 168 Å². The zero-order valence-electron chi connectivity index (χ0n) is 42.3. The molecule has 0 spiro atoms. The zero-order chi connectivity index (χ0) is 50.4. The lowest BCUT2D eigenvalue weighted by Gasteiger charge is -2.19. The highest BCUT2D eigenvalue weighted by atomic mass is 16.5. The van der Waals surface area contributed by atoms with Crippen LogP contribution in [0, 0.1) is 0 Å². The largest absolute Gasteiger partial charge is 0.457 e. The van der Waals surface area contributed by atoms with Gasteiger partial charge in [0.25, 0.3) is 0 Å². The Hall–Kier alpha value is -8.70. The summed E-state index contributed by atoms with van der Waals surface area (Å²) in [6, 6.07) is 50.5. The van der Waals surface area contributed by atoms with Gasteiger partial charge in [0.1, 0.15) is 57.1 Å². The van der Waals surface area contributed by atoms with Crippen molar-refractivity contribution < 1.29 is 14.2 Å². The summed E-state index contributed by atoms with van der Waals surface area (Å²) < 4.78 is 19.5. The van der Waals surface area contributed by atoms with E-state index in [1.807, 2.05) is 115 Å². The number of hydrogen-bond acceptors (Lipinski definition) is 9. The van der Waals surface area contributed by atoms with Crippen LogP contribution in [0.3, 0.4) is 0 Å². The van der Waals surface area contributed by atoms with Gasteiger partial charge in [-0.1, -0.05) is 123 Å². The second-order valence-electron chi connectivity index (χ2n) is 21.9. The Bertz CT molecular complexity index is 3980. The molecule has 10 aromatic rings. The molecule has 0 saturated carbocycles. The summed E-state index contributed by atoms with van der Waals surface area (Å²) in [7, 11) is 0. The van der Waals surface area contributed by atoms with Crippen LogP contribution in [0.2, 0.25) is 0 Å². The van der Waals surface area contributed by atoms with Crippen LogP contribution in [-0.2, 0) is 16.2 Å². The lowest BCUT2D eigenvalue weighted by molar-refractivity contribution is 0.481. The van der Waals surface area contributed by atoms with Gasteiger partial charge in [0, 0.05) is 43.8 Å². The van der Waals surface area contributed by atoms with Crippen LogP contribution >= 0.6 is 0 Å². The second kappa shape index (κ2) is 17.0. The van der Waals surface area contributed by atoms with Crippen molar-refractivity contribution in [1.82, 2.24) is 39.9 Å². The first-order valence-corrected chi connectivity index (χ1v) is 24.7. The summed E-state index contributed by atoms with van der Waals surface area (Å²) in [6.07, 6.45) is 0. The first-order valence-electron chi connectivity index (χ1n) is 24.7. The number of nitrogens with one attached hydrogen (secondary N) is 2. The summed E-state index contributed by atoms with van der Waals surface area (Å²) in [6.45, 7) is 19.8. The molecule has 0 saturated heterocycles. The Kier molecular flexibility index (Phi) is 10.6. The molecule has 2 aliphatic heterocycles. The number of nitrogens with zero attached hydrogens (tertiary/aromatic N) is 6. The van der Waals surface area contributed by atoms with Gasteiger partial charge in [-0.15, -0.1) is 0 Å². The lowest BCUT2D eigenvalue weighted by atomic mass is 9.87. The number of H-pyrrole nitrogens is 2. The number of benzene rings is 7. The van der Waals surface area contributed by atoms with Crippen molar-refractivity contribution >= 4 is 44.1 Å². The van der Waals surface area contributed by atoms with E-state index in [1.165, 1.54) is 16.7 Å². The smallest absolute Gasteiger partial charge is 0.164 e. The average Bonchev–Trinajstić information content (AvgIpc) is 4.09. The summed E-state index contributed by atoms with van der Waals surface area (Å²) in [4.78, 5) is 38.6. The van der Waals surface area contributed by atoms with Gasteiger partial charge >= 0.3 is 0 Å². The highest BCUT2D eigenvalue weighted by molar-refractivity contribution is 6.07. The topological polar surface area (TPSA) is 137 Å². The first-order chi connectivity index (χ1) is 35.0. The van der Waals surface area contributed by atoms with E-state index in [-0.39, 0.29) is 16.2 Å². The van der Waals surface area contributed by atoms with Gasteiger partial charge < -0.3 is 24.2 Å². The van der Waals surface area contributed by atoms with Crippen molar-refractivity contribution in [3.8, 4) is 80.0 Å². The third-order valence-corrected chi connectivity index (χ3v) is 13.5. The third-order valence-electron chi connectivity index (χ3n) is 13.5. The molecular formula is C62H54N8O3. The van der Waals surface area contributed by atoms with E-state index in [2.05, 4.69) is 109 Å². The lowest BCUT2D eigenvalue weighted by Crippen LogP contribution is -2.10. The Labute approximate surface area is 423 Å². The van der Waals surface area contributed by atoms with Crippen LogP contribution in [-0.4, -0.2) is 39.9 Å². The van der Waals surface area contributed by atoms with E-state index in [0.717, 1.165) is 61.0 Å². The van der Waals surface area contributed by atoms with Crippen molar-refractivity contribution in [2.75, 3.05) is 0 Å². The molecule has 73 heavy (non-hydrogen) atoms. The fourth-order valence-corrected chi connectivity index (χ4v) is 9.35. The Morgan fingerprint density at radius 3 is 0.959 bits per heavy atom. The zero-order valence-corrected chi connectivity index (χ0v) is 42.3. The molecule has 12 rings (SSSR count). The van der Waals surface area contributed by atoms with E-state index in [1.54, 1.807) is 0 Å². The fraction of sp³-hybridized carbons (Fsp3) is 0.194. The molecular weight excluding hydrogens is 905 g/mol. The van der Waals surface area contributed by atoms with Crippen molar-refractivity contribution in [1.29, 1.82) is 0 Å². The SMILES string of the molecule is CC(C)(C)c1ccc(Oc2ccc3c(c2)-c2nc-3nc3[nH]c(nc4nc(nc5[nH]c(n2)c2cc(Oc6ccc(C(C)(C)C)cc6)ccc52)-c2ccccc2-4)c2cc(Oc4ccc(C(C)(C)C)cc4)ccc32)cc1. The molecule has 0 aliphatic carbocycles. The fourth-order valence-electron chi connectivity index (χ4n) is 9.35. The summed E-state index contributed by atoms with van der Waals surface area (Å²) in [5.74, 6) is 6.05. The van der Waals surface area contributed by atoms with E-state index < -0.39 is 0 Å². The molecule has 0 fully saturated rings. The van der Waals surface area contributed by atoms with Crippen LogP contribution in [0.1, 0.15) is 79.0 Å². The Morgan fingerprint density at radius 1 is 0.288 bits per heavy atom. The molecule has 2 aliphatic rings. The number of fused-ring (bicyclic) bond motifs is 20. The molecule has 5 heterocycles. The molecule has 0 radical (unpaired) electrons. The predicted molar refractivity (Wildman–Crippen MR) is 292 cm³/mol. The van der Waals surface area contributed by atoms with Gasteiger partial charge in [0.15, 0.2) is 23.3 Å². The van der Waals surface area contributed by atoms with E-state index >= 15 is 0 Å². The van der Waals surface area contributed by atoms with Crippen LogP contribution in [0.5, 0.6) is 34.5 Å². The molecule has 360 valence electrons. The predicted octanol–water partition coefficient (Wildman–Crippen LogP) is 16.1. The highest BCUT2D eigenvalue weighted by Crippen LogP contribution is 2.41. The third kappa shape index (κ3) is 8.71. The number of ether oxygens (including phenoxy) is 3. The number of aromatic nitrogens is 8. The van der Waals surface area contributed by atoms with Crippen molar-refractivity contribution in [2.24, 2.45) is 0 Å². The molecule has 0 unspecified atom stereocenters. The van der Waals surface area contributed by atoms with Crippen LogP contribution in [0.25, 0.3) is 89.7 Å². The molecule has 11 heteroatoms. The second-order valence-corrected chi connectivity index (χ2v) is 21.9. The molecule has 7 aromatic carbocycles. The monoisotopic (exact) mass is 958 g/mol. The summed E-state index contributed by atoms with van der Waals surface area (Å²) in [5, 5.41) is 3.24. The minimum Gasteiger partial charge on any atom is -0.457 e. The molecule has 0 atom stereocenters. The van der Waals surface area contributed by atoms with E-state index in [0.29, 0.717) is 63.1 Å². The molecule has 3 aromatic heterocycles. The number of rotatable bonds is 6. The van der Waals surface area contributed by atoms with Gasteiger partial charge in [-0.25, -0.2) is 29.9 Å². The number of aromatic amines is 2. The molecule has 0 amide bonds. The number of hydrogen-bond donors (Lipinski definition) is 2. The van der Waals surface area contributed by atoms with E-state index in [9.17, 15) is 0 Å². The quantitative estimate of drug-likeness (QED) is 0.167. The maximum Gasteiger partial charge on any atom is 0.164 e. The molecule has 2 N–H and O–H groups in total. The van der Waals surface area contributed by atoms with Crippen LogP contribution in [0.15, 0.2) is 152 Å².